The topological polar surface area (TPSA) is 62.7 Å². The van der Waals surface area contributed by atoms with Crippen LogP contribution >= 0.6 is 0 Å². The number of rotatable bonds is 3. The average molecular weight is 352 g/mol. The molecule has 2 N–H and O–H groups in total. The van der Waals surface area contributed by atoms with Gasteiger partial charge in [0.25, 0.3) is 0 Å². The number of hydrogen-bond donors (Lipinski definition) is 2. The molecule has 1 aliphatic heterocycles. The molecule has 130 valence electrons. The Bertz CT molecular complexity index is 796. The van der Waals surface area contributed by atoms with E-state index >= 15 is 0 Å². The van der Waals surface area contributed by atoms with E-state index in [0.717, 1.165) is 42.1 Å². The van der Waals surface area contributed by atoms with Crippen molar-refractivity contribution in [2.45, 2.75) is 32.0 Å². The monoisotopic (exact) mass is 351 g/mol. The van der Waals surface area contributed by atoms with E-state index < -0.39 is 8.07 Å². The predicted octanol–water partition coefficient (Wildman–Crippen LogP) is 2.89. The second kappa shape index (κ2) is 7.34. The summed E-state index contributed by atoms with van der Waals surface area (Å²) in [4.78, 5) is 13.2. The van der Waals surface area contributed by atoms with E-state index in [0.29, 0.717) is 5.92 Å². The Morgan fingerprint density at radius 3 is 2.72 bits per heavy atom. The van der Waals surface area contributed by atoms with E-state index in [1.807, 2.05) is 19.3 Å². The first-order valence-electron chi connectivity index (χ1n) is 8.70. The average Bonchev–Trinajstić information content (AvgIpc) is 3.13. The molecule has 2 aromatic heterocycles. The molecule has 2 aromatic rings. The van der Waals surface area contributed by atoms with Gasteiger partial charge < -0.3 is 10.6 Å². The number of nitrogens with zero attached hydrogens (tertiary/aromatic N) is 3. The van der Waals surface area contributed by atoms with Crippen LogP contribution < -0.4 is 10.6 Å². The minimum absolute atomic E-state index is 0.411. The largest absolute Gasteiger partial charge is 0.373 e. The van der Waals surface area contributed by atoms with Gasteiger partial charge in [-0.3, -0.25) is 0 Å². The highest BCUT2D eigenvalue weighted by molar-refractivity contribution is 6.83. The van der Waals surface area contributed by atoms with Gasteiger partial charge in [-0.15, -0.1) is 5.54 Å². The second-order valence-corrected chi connectivity index (χ2v) is 12.1. The molecule has 3 rings (SSSR count). The highest BCUT2D eigenvalue weighted by Gasteiger charge is 2.26. The van der Waals surface area contributed by atoms with Gasteiger partial charge in [-0.1, -0.05) is 25.6 Å². The molecule has 0 saturated carbocycles. The van der Waals surface area contributed by atoms with Crippen LogP contribution in [-0.4, -0.2) is 43.2 Å². The summed E-state index contributed by atoms with van der Waals surface area (Å²) in [5.41, 5.74) is 7.66. The van der Waals surface area contributed by atoms with Crippen molar-refractivity contribution in [2.24, 2.45) is 0 Å². The quantitative estimate of drug-likeness (QED) is 0.658. The van der Waals surface area contributed by atoms with Gasteiger partial charge in [0.2, 0.25) is 0 Å². The maximum absolute atomic E-state index is 4.66. The van der Waals surface area contributed by atoms with Gasteiger partial charge in [-0.2, -0.15) is 0 Å². The summed E-state index contributed by atoms with van der Waals surface area (Å²) in [6.45, 7) is 8.74. The molecule has 1 aliphatic rings. The van der Waals surface area contributed by atoms with Gasteiger partial charge >= 0.3 is 0 Å². The summed E-state index contributed by atoms with van der Waals surface area (Å²) >= 11 is 0. The molecule has 5 nitrogen and oxygen atoms in total. The van der Waals surface area contributed by atoms with Gasteiger partial charge in [-0.05, 0) is 19.0 Å². The first kappa shape index (κ1) is 17.6. The van der Waals surface area contributed by atoms with Crippen molar-refractivity contribution in [2.75, 3.05) is 25.5 Å². The van der Waals surface area contributed by atoms with Gasteiger partial charge in [0.15, 0.2) is 0 Å². The Morgan fingerprint density at radius 2 is 2.12 bits per heavy atom. The van der Waals surface area contributed by atoms with Gasteiger partial charge in [0, 0.05) is 43.0 Å². The third kappa shape index (κ3) is 4.06. The van der Waals surface area contributed by atoms with Crippen molar-refractivity contribution in [3.63, 3.8) is 0 Å². The van der Waals surface area contributed by atoms with Crippen molar-refractivity contribution in [1.82, 2.24) is 20.3 Å². The van der Waals surface area contributed by atoms with Crippen molar-refractivity contribution < 1.29 is 0 Å². The second-order valence-electron chi connectivity index (χ2n) is 7.34. The molecule has 1 unspecified atom stereocenters. The van der Waals surface area contributed by atoms with Crippen LogP contribution in [0.15, 0.2) is 24.8 Å². The fourth-order valence-corrected chi connectivity index (χ4v) is 3.60. The zero-order valence-corrected chi connectivity index (χ0v) is 16.3. The van der Waals surface area contributed by atoms with Crippen molar-refractivity contribution >= 4 is 13.9 Å². The lowest BCUT2D eigenvalue weighted by molar-refractivity contribution is 0.762. The van der Waals surface area contributed by atoms with Crippen LogP contribution in [0.2, 0.25) is 19.6 Å². The number of aromatic nitrogens is 3. The molecule has 1 saturated heterocycles. The van der Waals surface area contributed by atoms with E-state index in [4.69, 9.17) is 0 Å². The molecule has 0 aromatic carbocycles. The van der Waals surface area contributed by atoms with E-state index in [1.54, 1.807) is 12.5 Å². The summed E-state index contributed by atoms with van der Waals surface area (Å²) in [7, 11) is 0.438. The molecule has 0 bridgehead atoms. The molecule has 0 spiro atoms. The Kier molecular flexibility index (Phi) is 5.16. The first-order chi connectivity index (χ1) is 12.0. The third-order valence-electron chi connectivity index (χ3n) is 4.23. The van der Waals surface area contributed by atoms with E-state index in [-0.39, 0.29) is 0 Å². The standard InChI is InChI=1S/C19H25N5Si/c1-20-19-18(14-5-8-21-11-14)17(16-6-9-22-13-24-16)15(12-23-19)7-10-25(2,3)4/h6,9,12-14,21H,5,8,11H2,1-4H3,(H,20,23). The highest BCUT2D eigenvalue weighted by Crippen LogP contribution is 2.37. The van der Waals surface area contributed by atoms with E-state index in [9.17, 15) is 0 Å². The van der Waals surface area contributed by atoms with Crippen molar-refractivity contribution in [1.29, 1.82) is 0 Å². The summed E-state index contributed by atoms with van der Waals surface area (Å²) in [5.74, 6) is 4.74. The highest BCUT2D eigenvalue weighted by atomic mass is 28.3. The molecule has 1 atom stereocenters. The fourth-order valence-electron chi connectivity index (χ4n) is 3.09. The fraction of sp³-hybridized carbons (Fsp3) is 0.421. The predicted molar refractivity (Wildman–Crippen MR) is 105 cm³/mol. The number of pyridine rings is 1. The van der Waals surface area contributed by atoms with Gasteiger partial charge in [0.05, 0.1) is 11.3 Å². The lowest BCUT2D eigenvalue weighted by Crippen LogP contribution is -2.16. The molecule has 25 heavy (non-hydrogen) atoms. The SMILES string of the molecule is CNc1ncc(C#C[Si](C)(C)C)c(-c2ccncn2)c1C1CCNC1. The molecule has 0 aliphatic carbocycles. The first-order valence-corrected chi connectivity index (χ1v) is 12.2. The minimum Gasteiger partial charge on any atom is -0.373 e. The van der Waals surface area contributed by atoms with Crippen LogP contribution in [-0.2, 0) is 0 Å². The zero-order chi connectivity index (χ0) is 17.9. The van der Waals surface area contributed by atoms with Crippen LogP contribution in [0.3, 0.4) is 0 Å². The van der Waals surface area contributed by atoms with Crippen molar-refractivity contribution in [3.8, 4) is 22.7 Å². The van der Waals surface area contributed by atoms with Crippen LogP contribution in [0.1, 0.15) is 23.5 Å². The third-order valence-corrected chi connectivity index (χ3v) is 5.11. The lowest BCUT2D eigenvalue weighted by Gasteiger charge is -2.20. The Balaban J connectivity index is 2.25. The van der Waals surface area contributed by atoms with E-state index in [2.05, 4.69) is 56.7 Å². The Labute approximate surface area is 150 Å². The van der Waals surface area contributed by atoms with Crippen LogP contribution in [0, 0.1) is 11.5 Å². The molecule has 1 fully saturated rings. The number of nitrogens with one attached hydrogen (secondary N) is 2. The van der Waals surface area contributed by atoms with Gasteiger partial charge in [-0.25, -0.2) is 15.0 Å². The minimum atomic E-state index is -1.48. The molecule has 0 radical (unpaired) electrons. The molecule has 0 amide bonds. The molecule has 6 heteroatoms. The lowest BCUT2D eigenvalue weighted by atomic mass is 9.90. The maximum atomic E-state index is 4.66. The van der Waals surface area contributed by atoms with E-state index in [1.165, 1.54) is 5.56 Å². The molecular weight excluding hydrogens is 326 g/mol. The van der Waals surface area contributed by atoms with Crippen LogP contribution in [0.5, 0.6) is 0 Å². The normalized spacial score (nSPS) is 17.0. The van der Waals surface area contributed by atoms with Crippen molar-refractivity contribution in [3.05, 3.63) is 35.9 Å². The molecule has 3 heterocycles. The van der Waals surface area contributed by atoms with Crippen LogP contribution in [0.4, 0.5) is 5.82 Å². The smallest absolute Gasteiger partial charge is 0.129 e. The zero-order valence-electron chi connectivity index (χ0n) is 15.3. The Morgan fingerprint density at radius 1 is 1.28 bits per heavy atom. The summed E-state index contributed by atoms with van der Waals surface area (Å²) in [6, 6.07) is 1.96. The summed E-state index contributed by atoms with van der Waals surface area (Å²) < 4.78 is 0. The maximum Gasteiger partial charge on any atom is 0.129 e. The number of hydrogen-bond acceptors (Lipinski definition) is 5. The number of anilines is 1. The summed E-state index contributed by atoms with van der Waals surface area (Å²) in [5, 5.41) is 6.72. The van der Waals surface area contributed by atoms with Crippen LogP contribution in [0.25, 0.3) is 11.3 Å². The summed E-state index contributed by atoms with van der Waals surface area (Å²) in [6.07, 6.45) is 6.36. The molecular formula is C19H25N5Si. The van der Waals surface area contributed by atoms with Gasteiger partial charge in [0.1, 0.15) is 20.2 Å². The Hall–Kier alpha value is -2.23.